The number of hydrogen-bond donors (Lipinski definition) is 1. The summed E-state index contributed by atoms with van der Waals surface area (Å²) in [6, 6.07) is 0. The van der Waals surface area contributed by atoms with E-state index in [9.17, 15) is 4.79 Å². The van der Waals surface area contributed by atoms with Gasteiger partial charge in [0.1, 0.15) is 0 Å². The maximum Gasteiger partial charge on any atom is 0.277 e. The number of aromatic nitrogens is 2. The molecule has 100 valence electrons. The summed E-state index contributed by atoms with van der Waals surface area (Å²) in [5.74, 6) is 0.687. The van der Waals surface area contributed by atoms with E-state index in [1.165, 1.54) is 11.8 Å². The van der Waals surface area contributed by atoms with Crippen LogP contribution in [0, 0.1) is 0 Å². The molecule has 1 saturated heterocycles. The fourth-order valence-electron chi connectivity index (χ4n) is 1.71. The first-order chi connectivity index (χ1) is 8.47. The molecule has 0 aliphatic carbocycles. The maximum atomic E-state index is 11.8. The third kappa shape index (κ3) is 3.25. The van der Waals surface area contributed by atoms with Gasteiger partial charge in [-0.05, 0) is 12.8 Å². The Morgan fingerprint density at radius 3 is 2.78 bits per heavy atom. The molecule has 1 atom stereocenters. The average molecular weight is 269 g/mol. The van der Waals surface area contributed by atoms with Gasteiger partial charge in [0.15, 0.2) is 0 Å². The zero-order chi connectivity index (χ0) is 13.2. The van der Waals surface area contributed by atoms with Gasteiger partial charge in [-0.1, -0.05) is 39.0 Å². The molecule has 0 bridgehead atoms. The lowest BCUT2D eigenvalue weighted by atomic mass is 9.97. The summed E-state index contributed by atoms with van der Waals surface area (Å²) in [6.07, 6.45) is 2.96. The van der Waals surface area contributed by atoms with Gasteiger partial charge in [-0.15, -0.1) is 10.2 Å². The lowest BCUT2D eigenvalue weighted by Crippen LogP contribution is -2.30. The Balaban J connectivity index is 2.04. The molecule has 2 heterocycles. The first-order valence-corrected chi connectivity index (χ1v) is 7.13. The summed E-state index contributed by atoms with van der Waals surface area (Å²) >= 11 is 1.37. The SMILES string of the molecule is CC(C)(C)c1nnc(S[C@H]2CCCCNC2=O)o1. The van der Waals surface area contributed by atoms with E-state index in [1.807, 2.05) is 20.8 Å². The van der Waals surface area contributed by atoms with Crippen molar-refractivity contribution in [2.45, 2.75) is 55.9 Å². The molecule has 1 aliphatic heterocycles. The van der Waals surface area contributed by atoms with E-state index in [4.69, 9.17) is 4.42 Å². The topological polar surface area (TPSA) is 68.0 Å². The Morgan fingerprint density at radius 1 is 1.33 bits per heavy atom. The lowest BCUT2D eigenvalue weighted by molar-refractivity contribution is -0.120. The fraction of sp³-hybridized carbons (Fsp3) is 0.750. The monoisotopic (exact) mass is 269 g/mol. The van der Waals surface area contributed by atoms with Gasteiger partial charge >= 0.3 is 0 Å². The van der Waals surface area contributed by atoms with Crippen molar-refractivity contribution in [2.75, 3.05) is 6.54 Å². The van der Waals surface area contributed by atoms with Crippen LogP contribution < -0.4 is 5.32 Å². The molecule has 0 saturated carbocycles. The second-order valence-corrected chi connectivity index (χ2v) is 6.67. The number of nitrogens with zero attached hydrogens (tertiary/aromatic N) is 2. The molecule has 1 N–H and O–H groups in total. The molecule has 0 aromatic carbocycles. The molecule has 0 spiro atoms. The van der Waals surface area contributed by atoms with Crippen LogP contribution in [0.25, 0.3) is 0 Å². The van der Waals surface area contributed by atoms with Crippen molar-refractivity contribution in [1.29, 1.82) is 0 Å². The molecule has 1 fully saturated rings. The summed E-state index contributed by atoms with van der Waals surface area (Å²) < 4.78 is 5.60. The standard InChI is InChI=1S/C12H19N3O2S/c1-12(2,3)10-14-15-11(17-10)18-8-6-4-5-7-13-9(8)16/h8H,4-7H2,1-3H3,(H,13,16)/t8-/m0/s1. The normalized spacial score (nSPS) is 21.5. The number of thioether (sulfide) groups is 1. The lowest BCUT2D eigenvalue weighted by Gasteiger charge is -2.12. The van der Waals surface area contributed by atoms with Crippen LogP contribution >= 0.6 is 11.8 Å². The minimum atomic E-state index is -0.155. The smallest absolute Gasteiger partial charge is 0.277 e. The highest BCUT2D eigenvalue weighted by Gasteiger charge is 2.26. The second-order valence-electron chi connectivity index (χ2n) is 5.52. The summed E-state index contributed by atoms with van der Waals surface area (Å²) in [6.45, 7) is 6.83. The number of carbonyl (C=O) groups is 1. The van der Waals surface area contributed by atoms with Crippen molar-refractivity contribution in [3.05, 3.63) is 5.89 Å². The average Bonchev–Trinajstić information content (AvgIpc) is 2.66. The van der Waals surface area contributed by atoms with Crippen molar-refractivity contribution in [2.24, 2.45) is 0 Å². The molecular formula is C12H19N3O2S. The summed E-state index contributed by atoms with van der Waals surface area (Å²) in [5, 5.41) is 11.3. The highest BCUT2D eigenvalue weighted by Crippen LogP contribution is 2.29. The Hall–Kier alpha value is -1.04. The highest BCUT2D eigenvalue weighted by molar-refractivity contribution is 8.00. The van der Waals surface area contributed by atoms with Crippen molar-refractivity contribution < 1.29 is 9.21 Å². The van der Waals surface area contributed by atoms with Crippen LogP contribution in [-0.4, -0.2) is 27.9 Å². The zero-order valence-electron chi connectivity index (χ0n) is 11.0. The molecule has 6 heteroatoms. The molecule has 1 amide bonds. The van der Waals surface area contributed by atoms with E-state index in [0.717, 1.165) is 25.8 Å². The summed E-state index contributed by atoms with van der Waals surface area (Å²) in [5.41, 5.74) is -0.155. The molecule has 1 aliphatic rings. The van der Waals surface area contributed by atoms with Crippen molar-refractivity contribution in [1.82, 2.24) is 15.5 Å². The minimum Gasteiger partial charge on any atom is -0.415 e. The van der Waals surface area contributed by atoms with Crippen LogP contribution in [0.5, 0.6) is 0 Å². The van der Waals surface area contributed by atoms with E-state index in [0.29, 0.717) is 11.1 Å². The van der Waals surface area contributed by atoms with Crippen LogP contribution in [0.4, 0.5) is 0 Å². The molecular weight excluding hydrogens is 250 g/mol. The number of amides is 1. The second kappa shape index (κ2) is 5.30. The third-order valence-electron chi connectivity index (χ3n) is 2.78. The Kier molecular flexibility index (Phi) is 3.94. The molecule has 2 rings (SSSR count). The van der Waals surface area contributed by atoms with Crippen LogP contribution in [0.1, 0.15) is 45.9 Å². The van der Waals surface area contributed by atoms with Crippen LogP contribution in [0.3, 0.4) is 0 Å². The van der Waals surface area contributed by atoms with Gasteiger partial charge in [0, 0.05) is 12.0 Å². The molecule has 0 unspecified atom stereocenters. The summed E-state index contributed by atoms with van der Waals surface area (Å²) in [7, 11) is 0. The van der Waals surface area contributed by atoms with Crippen molar-refractivity contribution in [3.8, 4) is 0 Å². The summed E-state index contributed by atoms with van der Waals surface area (Å²) in [4.78, 5) is 11.8. The Morgan fingerprint density at radius 2 is 2.11 bits per heavy atom. The molecule has 1 aromatic rings. The van der Waals surface area contributed by atoms with Crippen LogP contribution in [-0.2, 0) is 10.2 Å². The van der Waals surface area contributed by atoms with Crippen molar-refractivity contribution in [3.63, 3.8) is 0 Å². The van der Waals surface area contributed by atoms with Gasteiger partial charge in [-0.25, -0.2) is 0 Å². The van der Waals surface area contributed by atoms with Gasteiger partial charge in [-0.3, -0.25) is 4.79 Å². The highest BCUT2D eigenvalue weighted by atomic mass is 32.2. The minimum absolute atomic E-state index is 0.0769. The molecule has 0 radical (unpaired) electrons. The van der Waals surface area contributed by atoms with E-state index < -0.39 is 0 Å². The first kappa shape index (κ1) is 13.4. The molecule has 18 heavy (non-hydrogen) atoms. The van der Waals surface area contributed by atoms with Crippen LogP contribution in [0.15, 0.2) is 9.64 Å². The van der Waals surface area contributed by atoms with E-state index in [-0.39, 0.29) is 16.6 Å². The van der Waals surface area contributed by atoms with Gasteiger partial charge in [0.25, 0.3) is 5.22 Å². The fourth-order valence-corrected chi connectivity index (χ4v) is 2.64. The van der Waals surface area contributed by atoms with E-state index in [2.05, 4.69) is 15.5 Å². The third-order valence-corrected chi connectivity index (χ3v) is 3.88. The molecule has 5 nitrogen and oxygen atoms in total. The predicted molar refractivity (Wildman–Crippen MR) is 69.5 cm³/mol. The number of carbonyl (C=O) groups excluding carboxylic acids is 1. The van der Waals surface area contributed by atoms with Gasteiger partial charge in [0.05, 0.1) is 5.25 Å². The van der Waals surface area contributed by atoms with Gasteiger partial charge in [0.2, 0.25) is 11.8 Å². The van der Waals surface area contributed by atoms with Crippen LogP contribution in [0.2, 0.25) is 0 Å². The quantitative estimate of drug-likeness (QED) is 0.890. The largest absolute Gasteiger partial charge is 0.415 e. The van der Waals surface area contributed by atoms with Gasteiger partial charge < -0.3 is 9.73 Å². The number of hydrogen-bond acceptors (Lipinski definition) is 5. The Bertz CT molecular complexity index is 425. The number of nitrogens with one attached hydrogen (secondary N) is 1. The Labute approximate surface area is 111 Å². The predicted octanol–water partition coefficient (Wildman–Crippen LogP) is 2.13. The maximum absolute atomic E-state index is 11.8. The van der Waals surface area contributed by atoms with Crippen molar-refractivity contribution >= 4 is 17.7 Å². The number of rotatable bonds is 2. The first-order valence-electron chi connectivity index (χ1n) is 6.25. The van der Waals surface area contributed by atoms with E-state index in [1.54, 1.807) is 0 Å². The van der Waals surface area contributed by atoms with Gasteiger partial charge in [-0.2, -0.15) is 0 Å². The zero-order valence-corrected chi connectivity index (χ0v) is 11.8. The molecule has 1 aromatic heterocycles. The van der Waals surface area contributed by atoms with E-state index >= 15 is 0 Å².